The molecule has 0 unspecified atom stereocenters. The van der Waals surface area contributed by atoms with Crippen LogP contribution in [-0.4, -0.2) is 3.42 Å². The van der Waals surface area contributed by atoms with E-state index in [1.807, 2.05) is 6.08 Å². The van der Waals surface area contributed by atoms with Crippen molar-refractivity contribution in [2.75, 3.05) is 0 Å². The van der Waals surface area contributed by atoms with Crippen molar-refractivity contribution >= 4 is 22.6 Å². The van der Waals surface area contributed by atoms with Gasteiger partial charge in [0, 0.05) is 0 Å². The molecule has 0 bridgehead atoms. The maximum Gasteiger partial charge on any atom is 0.130 e. The van der Waals surface area contributed by atoms with Crippen molar-refractivity contribution in [2.24, 2.45) is 5.92 Å². The smallest absolute Gasteiger partial charge is 0.130 e. The van der Waals surface area contributed by atoms with Gasteiger partial charge in [0.15, 0.2) is 0 Å². The highest BCUT2D eigenvalue weighted by atomic mass is 127. The van der Waals surface area contributed by atoms with Gasteiger partial charge < -0.3 is 0 Å². The standard InChI is InChI=1S/C11H14IN/c1-8(2)10-4-5-11(12,7-13)6-9(10)3/h4-5,8H,6H2,1-3H3/t11-/m0/s1. The molecular formula is C11H14IN. The Hall–Kier alpha value is -0.300. The molecule has 0 N–H and O–H groups in total. The second kappa shape index (κ2) is 3.83. The average Bonchev–Trinajstić information content (AvgIpc) is 2.03. The van der Waals surface area contributed by atoms with Gasteiger partial charge >= 0.3 is 0 Å². The first-order valence-corrected chi connectivity index (χ1v) is 5.55. The molecule has 1 atom stereocenters. The van der Waals surface area contributed by atoms with Crippen molar-refractivity contribution in [1.82, 2.24) is 0 Å². The Morgan fingerprint density at radius 2 is 2.23 bits per heavy atom. The molecule has 0 heterocycles. The molecule has 0 amide bonds. The molecule has 2 heteroatoms. The van der Waals surface area contributed by atoms with E-state index in [4.69, 9.17) is 5.26 Å². The molecule has 1 rings (SSSR count). The summed E-state index contributed by atoms with van der Waals surface area (Å²) in [5.41, 5.74) is 2.75. The lowest BCUT2D eigenvalue weighted by molar-refractivity contribution is 0.742. The van der Waals surface area contributed by atoms with Gasteiger partial charge in [0.25, 0.3) is 0 Å². The van der Waals surface area contributed by atoms with Crippen LogP contribution in [0.3, 0.4) is 0 Å². The van der Waals surface area contributed by atoms with Crippen molar-refractivity contribution in [2.45, 2.75) is 30.6 Å². The fourth-order valence-corrected chi connectivity index (χ4v) is 2.42. The van der Waals surface area contributed by atoms with Crippen LogP contribution >= 0.6 is 22.6 Å². The lowest BCUT2D eigenvalue weighted by atomic mass is 9.86. The van der Waals surface area contributed by atoms with Crippen LogP contribution < -0.4 is 0 Å². The zero-order valence-electron chi connectivity index (χ0n) is 8.26. The van der Waals surface area contributed by atoms with Gasteiger partial charge in [0.2, 0.25) is 0 Å². The number of hydrogen-bond donors (Lipinski definition) is 0. The Bertz CT molecular complexity index is 307. The second-order valence-electron chi connectivity index (χ2n) is 3.87. The maximum atomic E-state index is 8.96. The van der Waals surface area contributed by atoms with Crippen molar-refractivity contribution in [3.05, 3.63) is 23.3 Å². The molecule has 0 spiro atoms. The molecule has 0 saturated carbocycles. The van der Waals surface area contributed by atoms with Gasteiger partial charge in [-0.3, -0.25) is 0 Å². The minimum absolute atomic E-state index is 0.305. The van der Waals surface area contributed by atoms with E-state index in [9.17, 15) is 0 Å². The summed E-state index contributed by atoms with van der Waals surface area (Å²) >= 11 is 2.22. The molecule has 70 valence electrons. The monoisotopic (exact) mass is 287 g/mol. The molecule has 0 saturated heterocycles. The van der Waals surface area contributed by atoms with E-state index in [0.29, 0.717) is 5.92 Å². The normalized spacial score (nSPS) is 28.0. The van der Waals surface area contributed by atoms with Gasteiger partial charge in [-0.15, -0.1) is 0 Å². The molecule has 13 heavy (non-hydrogen) atoms. The number of nitriles is 1. The Morgan fingerprint density at radius 3 is 2.62 bits per heavy atom. The molecule has 1 nitrogen and oxygen atoms in total. The van der Waals surface area contributed by atoms with Crippen LogP contribution in [-0.2, 0) is 0 Å². The van der Waals surface area contributed by atoms with Crippen LogP contribution in [0.25, 0.3) is 0 Å². The molecule has 0 fully saturated rings. The largest absolute Gasteiger partial charge is 0.196 e. The Morgan fingerprint density at radius 1 is 1.62 bits per heavy atom. The van der Waals surface area contributed by atoms with Crippen molar-refractivity contribution < 1.29 is 0 Å². The number of hydrogen-bond acceptors (Lipinski definition) is 1. The quantitative estimate of drug-likeness (QED) is 0.534. The predicted octanol–water partition coefficient (Wildman–Crippen LogP) is 3.62. The summed E-state index contributed by atoms with van der Waals surface area (Å²) in [5.74, 6) is 0.566. The average molecular weight is 287 g/mol. The van der Waals surface area contributed by atoms with Crippen LogP contribution in [0.15, 0.2) is 23.3 Å². The predicted molar refractivity (Wildman–Crippen MR) is 63.7 cm³/mol. The third-order valence-corrected chi connectivity index (χ3v) is 3.33. The summed E-state index contributed by atoms with van der Waals surface area (Å²) in [5, 5.41) is 8.96. The Balaban J connectivity index is 2.95. The molecule has 0 aromatic rings. The van der Waals surface area contributed by atoms with E-state index in [0.717, 1.165) is 6.42 Å². The highest BCUT2D eigenvalue weighted by Gasteiger charge is 2.27. The van der Waals surface area contributed by atoms with Crippen molar-refractivity contribution in [1.29, 1.82) is 5.26 Å². The minimum atomic E-state index is -0.305. The highest BCUT2D eigenvalue weighted by molar-refractivity contribution is 14.1. The van der Waals surface area contributed by atoms with Crippen molar-refractivity contribution in [3.63, 3.8) is 0 Å². The van der Waals surface area contributed by atoms with Gasteiger partial charge in [-0.25, -0.2) is 0 Å². The van der Waals surface area contributed by atoms with Crippen molar-refractivity contribution in [3.8, 4) is 6.07 Å². The molecule has 1 aliphatic rings. The summed E-state index contributed by atoms with van der Waals surface area (Å²) in [6, 6.07) is 2.34. The molecule has 0 aliphatic heterocycles. The first kappa shape index (κ1) is 10.8. The van der Waals surface area contributed by atoms with Crippen LogP contribution in [0.2, 0.25) is 0 Å². The van der Waals surface area contributed by atoms with E-state index < -0.39 is 0 Å². The zero-order valence-corrected chi connectivity index (χ0v) is 10.4. The third kappa shape index (κ3) is 2.34. The number of nitrogens with zero attached hydrogens (tertiary/aromatic N) is 1. The summed E-state index contributed by atoms with van der Waals surface area (Å²) < 4.78 is -0.305. The van der Waals surface area contributed by atoms with Crippen LogP contribution in [0.4, 0.5) is 0 Å². The minimum Gasteiger partial charge on any atom is -0.196 e. The molecule has 0 aromatic heterocycles. The van der Waals surface area contributed by atoms with E-state index in [1.54, 1.807) is 0 Å². The zero-order chi connectivity index (χ0) is 10.1. The summed E-state index contributed by atoms with van der Waals surface area (Å²) in [6.07, 6.45) is 5.00. The maximum absolute atomic E-state index is 8.96. The lowest BCUT2D eigenvalue weighted by Gasteiger charge is -2.24. The summed E-state index contributed by atoms with van der Waals surface area (Å²) in [6.45, 7) is 6.51. The topological polar surface area (TPSA) is 23.8 Å². The summed E-state index contributed by atoms with van der Waals surface area (Å²) in [7, 11) is 0. The number of allylic oxidation sites excluding steroid dienone is 4. The van der Waals surface area contributed by atoms with Gasteiger partial charge in [-0.2, -0.15) is 5.26 Å². The van der Waals surface area contributed by atoms with E-state index >= 15 is 0 Å². The van der Waals surface area contributed by atoms with E-state index in [-0.39, 0.29) is 3.42 Å². The first-order valence-electron chi connectivity index (χ1n) is 4.47. The summed E-state index contributed by atoms with van der Waals surface area (Å²) in [4.78, 5) is 0. The van der Waals surface area contributed by atoms with Crippen LogP contribution in [0, 0.1) is 17.2 Å². The van der Waals surface area contributed by atoms with Crippen LogP contribution in [0.5, 0.6) is 0 Å². The van der Waals surface area contributed by atoms with Gasteiger partial charge in [-0.1, -0.05) is 54.2 Å². The van der Waals surface area contributed by atoms with Gasteiger partial charge in [-0.05, 0) is 24.8 Å². The molecule has 0 aromatic carbocycles. The SMILES string of the molecule is CC1=C(C(C)C)C=C[C@@](I)(C#N)C1. The van der Waals surface area contributed by atoms with Gasteiger partial charge in [0.1, 0.15) is 3.42 Å². The molecular weight excluding hydrogens is 273 g/mol. The van der Waals surface area contributed by atoms with Crippen LogP contribution in [0.1, 0.15) is 27.2 Å². The Kier molecular flexibility index (Phi) is 3.18. The first-order chi connectivity index (χ1) is 5.98. The molecule has 1 aliphatic carbocycles. The second-order valence-corrected chi connectivity index (χ2v) is 5.80. The fourth-order valence-electron chi connectivity index (χ4n) is 1.67. The third-order valence-electron chi connectivity index (χ3n) is 2.35. The Labute approximate surface area is 93.7 Å². The number of alkyl halides is 1. The van der Waals surface area contributed by atoms with E-state index in [2.05, 4.69) is 55.5 Å². The van der Waals surface area contributed by atoms with E-state index in [1.165, 1.54) is 11.1 Å². The number of halogens is 1. The fraction of sp³-hybridized carbons (Fsp3) is 0.545. The lowest BCUT2D eigenvalue weighted by Crippen LogP contribution is -2.19. The highest BCUT2D eigenvalue weighted by Crippen LogP contribution is 2.35. The molecule has 0 radical (unpaired) electrons. The van der Waals surface area contributed by atoms with Gasteiger partial charge in [0.05, 0.1) is 6.07 Å². The number of rotatable bonds is 1.